The Bertz CT molecular complexity index is 783. The lowest BCUT2D eigenvalue weighted by atomic mass is 10.0. The second-order valence-corrected chi connectivity index (χ2v) is 6.47. The predicted octanol–water partition coefficient (Wildman–Crippen LogP) is 3.58. The van der Waals surface area contributed by atoms with Gasteiger partial charge < -0.3 is 9.88 Å². The van der Waals surface area contributed by atoms with E-state index in [1.165, 1.54) is 27.7 Å². The molecule has 118 valence electrons. The highest BCUT2D eigenvalue weighted by Gasteiger charge is 2.19. The Labute approximate surface area is 137 Å². The Kier molecular flexibility index (Phi) is 3.90. The number of rotatable bonds is 3. The first-order valence-electron chi connectivity index (χ1n) is 8.37. The zero-order valence-electron chi connectivity index (χ0n) is 13.6. The lowest BCUT2D eigenvalue weighted by Gasteiger charge is -2.32. The van der Waals surface area contributed by atoms with Crippen LogP contribution in [0.5, 0.6) is 0 Å². The van der Waals surface area contributed by atoms with Crippen LogP contribution in [0.25, 0.3) is 22.2 Å². The highest BCUT2D eigenvalue weighted by Crippen LogP contribution is 2.31. The zero-order valence-corrected chi connectivity index (χ0v) is 13.6. The van der Waals surface area contributed by atoms with Crippen molar-refractivity contribution in [1.82, 2.24) is 14.8 Å². The lowest BCUT2D eigenvalue weighted by Crippen LogP contribution is -2.43. The Morgan fingerprint density at radius 2 is 1.57 bits per heavy atom. The molecule has 0 radical (unpaired) electrons. The van der Waals surface area contributed by atoms with Crippen LogP contribution in [0.4, 0.5) is 0 Å². The monoisotopic (exact) mass is 305 g/mol. The van der Waals surface area contributed by atoms with Crippen LogP contribution in [0.1, 0.15) is 5.56 Å². The number of benzene rings is 2. The molecular formula is C20H23N3. The van der Waals surface area contributed by atoms with Crippen molar-refractivity contribution in [3.05, 3.63) is 60.2 Å². The number of likely N-dealkylation sites (N-methyl/N-ethyl adjacent to an activating group) is 1. The molecule has 3 nitrogen and oxygen atoms in total. The van der Waals surface area contributed by atoms with E-state index in [0.29, 0.717) is 0 Å². The maximum atomic E-state index is 3.64. The number of nitrogens with one attached hydrogen (secondary N) is 1. The molecule has 1 aliphatic heterocycles. The fourth-order valence-electron chi connectivity index (χ4n) is 3.45. The number of H-pyrrole nitrogens is 1. The Balaban J connectivity index is 1.74. The third kappa shape index (κ3) is 2.90. The van der Waals surface area contributed by atoms with E-state index < -0.39 is 0 Å². The van der Waals surface area contributed by atoms with Crippen molar-refractivity contribution in [2.75, 3.05) is 33.2 Å². The molecule has 1 N–H and O–H groups in total. The van der Waals surface area contributed by atoms with Gasteiger partial charge in [0, 0.05) is 43.6 Å². The third-order valence-corrected chi connectivity index (χ3v) is 4.85. The highest BCUT2D eigenvalue weighted by molar-refractivity contribution is 5.90. The van der Waals surface area contributed by atoms with Gasteiger partial charge >= 0.3 is 0 Å². The van der Waals surface area contributed by atoms with E-state index in [1.807, 2.05) is 0 Å². The summed E-state index contributed by atoms with van der Waals surface area (Å²) in [4.78, 5) is 8.62. The average molecular weight is 305 g/mol. The smallest absolute Gasteiger partial charge is 0.0510 e. The molecule has 3 heteroatoms. The first-order valence-corrected chi connectivity index (χ1v) is 8.37. The molecule has 0 aliphatic carbocycles. The van der Waals surface area contributed by atoms with Gasteiger partial charge in [-0.2, -0.15) is 0 Å². The van der Waals surface area contributed by atoms with Gasteiger partial charge in [-0.15, -0.1) is 0 Å². The van der Waals surface area contributed by atoms with Crippen LogP contribution in [-0.4, -0.2) is 48.0 Å². The van der Waals surface area contributed by atoms with E-state index in [4.69, 9.17) is 0 Å². The van der Waals surface area contributed by atoms with Gasteiger partial charge in [0.15, 0.2) is 0 Å². The van der Waals surface area contributed by atoms with Crippen LogP contribution in [0.15, 0.2) is 54.6 Å². The van der Waals surface area contributed by atoms with Crippen LogP contribution in [0, 0.1) is 0 Å². The van der Waals surface area contributed by atoms with Crippen molar-refractivity contribution >= 4 is 10.9 Å². The van der Waals surface area contributed by atoms with Crippen LogP contribution in [0.3, 0.4) is 0 Å². The normalized spacial score (nSPS) is 16.9. The minimum atomic E-state index is 1.02. The topological polar surface area (TPSA) is 22.3 Å². The minimum absolute atomic E-state index is 1.02. The van der Waals surface area contributed by atoms with E-state index in [0.717, 1.165) is 32.7 Å². The van der Waals surface area contributed by atoms with Gasteiger partial charge in [-0.25, -0.2) is 0 Å². The number of hydrogen-bond donors (Lipinski definition) is 1. The Hall–Kier alpha value is -2.10. The zero-order chi connectivity index (χ0) is 15.6. The molecule has 1 aromatic heterocycles. The molecule has 1 fully saturated rings. The fourth-order valence-corrected chi connectivity index (χ4v) is 3.45. The van der Waals surface area contributed by atoms with Crippen molar-refractivity contribution in [3.63, 3.8) is 0 Å². The van der Waals surface area contributed by atoms with Crippen LogP contribution in [-0.2, 0) is 6.54 Å². The predicted molar refractivity (Wildman–Crippen MR) is 96.5 cm³/mol. The van der Waals surface area contributed by atoms with Gasteiger partial charge in [0.1, 0.15) is 0 Å². The maximum Gasteiger partial charge on any atom is 0.0510 e. The number of hydrogen-bond acceptors (Lipinski definition) is 2. The van der Waals surface area contributed by atoms with Gasteiger partial charge in [-0.1, -0.05) is 48.5 Å². The van der Waals surface area contributed by atoms with Gasteiger partial charge in [0.2, 0.25) is 0 Å². The largest absolute Gasteiger partial charge is 0.354 e. The second-order valence-electron chi connectivity index (χ2n) is 6.47. The molecule has 0 atom stereocenters. The summed E-state index contributed by atoms with van der Waals surface area (Å²) >= 11 is 0. The summed E-state index contributed by atoms with van der Waals surface area (Å²) in [5, 5.41) is 1.35. The number of fused-ring (bicyclic) bond motifs is 1. The summed E-state index contributed by atoms with van der Waals surface area (Å²) in [6, 6.07) is 19.3. The van der Waals surface area contributed by atoms with Gasteiger partial charge in [0.05, 0.1) is 5.69 Å². The molecule has 3 aromatic rings. The fraction of sp³-hybridized carbons (Fsp3) is 0.300. The van der Waals surface area contributed by atoms with Gasteiger partial charge in [-0.3, -0.25) is 4.90 Å². The van der Waals surface area contributed by atoms with Crippen LogP contribution < -0.4 is 0 Å². The molecule has 23 heavy (non-hydrogen) atoms. The quantitative estimate of drug-likeness (QED) is 0.799. The van der Waals surface area contributed by atoms with Crippen molar-refractivity contribution < 1.29 is 0 Å². The van der Waals surface area contributed by atoms with E-state index in [9.17, 15) is 0 Å². The maximum absolute atomic E-state index is 3.64. The van der Waals surface area contributed by atoms with Crippen molar-refractivity contribution in [1.29, 1.82) is 0 Å². The van der Waals surface area contributed by atoms with Crippen molar-refractivity contribution in [3.8, 4) is 11.3 Å². The summed E-state index contributed by atoms with van der Waals surface area (Å²) in [5.74, 6) is 0. The van der Waals surface area contributed by atoms with E-state index >= 15 is 0 Å². The Morgan fingerprint density at radius 1 is 0.870 bits per heavy atom. The average Bonchev–Trinajstić information content (AvgIpc) is 2.96. The summed E-state index contributed by atoms with van der Waals surface area (Å²) in [7, 11) is 2.21. The van der Waals surface area contributed by atoms with Gasteiger partial charge in [0.25, 0.3) is 0 Å². The molecule has 2 aromatic carbocycles. The van der Waals surface area contributed by atoms with Crippen molar-refractivity contribution in [2.45, 2.75) is 6.54 Å². The first-order chi connectivity index (χ1) is 11.3. The number of aromatic nitrogens is 1. The van der Waals surface area contributed by atoms with Crippen LogP contribution >= 0.6 is 0 Å². The molecule has 0 amide bonds. The standard InChI is InChI=1S/C20H23N3/c1-22-11-13-23(14-12-22)15-18-17-9-5-6-10-19(17)21-20(18)16-7-3-2-4-8-16/h2-10,21H,11-15H2,1H3. The van der Waals surface area contributed by atoms with E-state index in [-0.39, 0.29) is 0 Å². The summed E-state index contributed by atoms with van der Waals surface area (Å²) in [5.41, 5.74) is 5.20. The molecule has 2 heterocycles. The number of aromatic amines is 1. The third-order valence-electron chi connectivity index (χ3n) is 4.85. The highest BCUT2D eigenvalue weighted by atomic mass is 15.2. The lowest BCUT2D eigenvalue weighted by molar-refractivity contribution is 0.148. The summed E-state index contributed by atoms with van der Waals surface area (Å²) in [6.45, 7) is 5.61. The number of piperazine rings is 1. The molecule has 0 bridgehead atoms. The van der Waals surface area contributed by atoms with E-state index in [2.05, 4.69) is 76.4 Å². The Morgan fingerprint density at radius 3 is 2.35 bits per heavy atom. The molecule has 0 saturated carbocycles. The number of nitrogens with zero attached hydrogens (tertiary/aromatic N) is 2. The second kappa shape index (κ2) is 6.19. The molecule has 0 unspecified atom stereocenters. The number of para-hydroxylation sites is 1. The molecule has 0 spiro atoms. The first kappa shape index (κ1) is 14.5. The SMILES string of the molecule is CN1CCN(Cc2c(-c3ccccc3)[nH]c3ccccc23)CC1. The minimum Gasteiger partial charge on any atom is -0.354 e. The molecule has 1 aliphatic rings. The van der Waals surface area contributed by atoms with Crippen molar-refractivity contribution in [2.24, 2.45) is 0 Å². The molecule has 4 rings (SSSR count). The molecular weight excluding hydrogens is 282 g/mol. The summed E-state index contributed by atoms with van der Waals surface area (Å²) in [6.07, 6.45) is 0. The van der Waals surface area contributed by atoms with Crippen LogP contribution in [0.2, 0.25) is 0 Å². The molecule has 1 saturated heterocycles. The summed E-state index contributed by atoms with van der Waals surface area (Å²) < 4.78 is 0. The van der Waals surface area contributed by atoms with E-state index in [1.54, 1.807) is 0 Å². The van der Waals surface area contributed by atoms with Gasteiger partial charge in [-0.05, 0) is 24.2 Å².